The van der Waals surface area contributed by atoms with Crippen molar-refractivity contribution in [3.8, 4) is 11.1 Å². The average Bonchev–Trinajstić information content (AvgIpc) is 2.68. The number of fused-ring (bicyclic) bond motifs is 1. The topological polar surface area (TPSA) is 58.2 Å². The molecule has 0 saturated heterocycles. The van der Waals surface area contributed by atoms with Gasteiger partial charge in [-0.25, -0.2) is 8.42 Å². The van der Waals surface area contributed by atoms with Gasteiger partial charge < -0.3 is 5.32 Å². The molecule has 5 heteroatoms. The third-order valence-electron chi connectivity index (χ3n) is 4.57. The van der Waals surface area contributed by atoms with Crippen molar-refractivity contribution >= 4 is 21.4 Å². The maximum absolute atomic E-state index is 12.7. The second kappa shape index (κ2) is 6.84. The Bertz CT molecular complexity index is 1010. The molecule has 0 aromatic heterocycles. The van der Waals surface area contributed by atoms with Crippen molar-refractivity contribution in [2.75, 3.05) is 16.6 Å². The SMILES string of the molecule is O=S(=O)(Nc1ccc2c(c1)CCCN2)c1ccc(-c2ccccc2)cc1. The fourth-order valence-electron chi connectivity index (χ4n) is 3.21. The Balaban J connectivity index is 1.57. The van der Waals surface area contributed by atoms with Gasteiger partial charge in [0.1, 0.15) is 0 Å². The Hall–Kier alpha value is -2.79. The minimum absolute atomic E-state index is 0.257. The number of rotatable bonds is 4. The zero-order chi connectivity index (χ0) is 18.0. The van der Waals surface area contributed by atoms with Crippen LogP contribution in [0.1, 0.15) is 12.0 Å². The van der Waals surface area contributed by atoms with E-state index in [1.165, 1.54) is 0 Å². The predicted molar refractivity (Wildman–Crippen MR) is 106 cm³/mol. The minimum atomic E-state index is -3.61. The number of aryl methyl sites for hydroxylation is 1. The molecular formula is C21H20N2O2S. The molecule has 1 aliphatic heterocycles. The Morgan fingerprint density at radius 1 is 0.846 bits per heavy atom. The van der Waals surface area contributed by atoms with E-state index in [0.717, 1.165) is 41.8 Å². The van der Waals surface area contributed by atoms with E-state index in [1.807, 2.05) is 54.6 Å². The summed E-state index contributed by atoms with van der Waals surface area (Å²) in [5, 5.41) is 3.33. The van der Waals surface area contributed by atoms with Crippen molar-refractivity contribution < 1.29 is 8.42 Å². The number of benzene rings is 3. The second-order valence-electron chi connectivity index (χ2n) is 6.40. The van der Waals surface area contributed by atoms with Crippen molar-refractivity contribution in [2.24, 2.45) is 0 Å². The summed E-state index contributed by atoms with van der Waals surface area (Å²) in [4.78, 5) is 0.257. The smallest absolute Gasteiger partial charge is 0.261 e. The summed E-state index contributed by atoms with van der Waals surface area (Å²) in [5.74, 6) is 0. The van der Waals surface area contributed by atoms with E-state index in [0.29, 0.717) is 5.69 Å². The van der Waals surface area contributed by atoms with E-state index in [1.54, 1.807) is 18.2 Å². The first-order valence-corrected chi connectivity index (χ1v) is 10.2. The van der Waals surface area contributed by atoms with Crippen molar-refractivity contribution in [1.82, 2.24) is 0 Å². The molecule has 0 aliphatic carbocycles. The Morgan fingerprint density at radius 2 is 1.58 bits per heavy atom. The monoisotopic (exact) mass is 364 g/mol. The van der Waals surface area contributed by atoms with Crippen LogP contribution in [0.2, 0.25) is 0 Å². The molecule has 0 fully saturated rings. The predicted octanol–water partition coefficient (Wildman–Crippen LogP) is 4.51. The first kappa shape index (κ1) is 16.7. The standard InChI is InChI=1S/C21H20N2O2S/c24-26(25,23-19-10-13-21-18(15-19)7-4-14-22-21)20-11-8-17(9-12-20)16-5-2-1-3-6-16/h1-3,5-6,8-13,15,22-23H,4,7,14H2. The van der Waals surface area contributed by atoms with Gasteiger partial charge in [-0.2, -0.15) is 0 Å². The molecule has 3 aromatic carbocycles. The fourth-order valence-corrected chi connectivity index (χ4v) is 4.26. The normalized spacial score (nSPS) is 13.5. The van der Waals surface area contributed by atoms with Crippen molar-refractivity contribution in [3.63, 3.8) is 0 Å². The molecule has 0 atom stereocenters. The van der Waals surface area contributed by atoms with Gasteiger partial charge >= 0.3 is 0 Å². The molecule has 1 aliphatic rings. The summed E-state index contributed by atoms with van der Waals surface area (Å²) in [5.41, 5.74) is 4.89. The minimum Gasteiger partial charge on any atom is -0.385 e. The maximum atomic E-state index is 12.7. The molecule has 132 valence electrons. The van der Waals surface area contributed by atoms with Crippen LogP contribution in [0.5, 0.6) is 0 Å². The number of anilines is 2. The van der Waals surface area contributed by atoms with Gasteiger partial charge in [0.15, 0.2) is 0 Å². The third-order valence-corrected chi connectivity index (χ3v) is 5.96. The Labute approximate surface area is 153 Å². The number of hydrogen-bond acceptors (Lipinski definition) is 3. The lowest BCUT2D eigenvalue weighted by atomic mass is 10.0. The molecule has 0 amide bonds. The van der Waals surface area contributed by atoms with Crippen LogP contribution in [0.4, 0.5) is 11.4 Å². The van der Waals surface area contributed by atoms with Crippen molar-refractivity contribution in [3.05, 3.63) is 78.4 Å². The van der Waals surface area contributed by atoms with Crippen molar-refractivity contribution in [2.45, 2.75) is 17.7 Å². The summed E-state index contributed by atoms with van der Waals surface area (Å²) in [7, 11) is -3.61. The quantitative estimate of drug-likeness (QED) is 0.716. The van der Waals surface area contributed by atoms with E-state index >= 15 is 0 Å². The zero-order valence-corrected chi connectivity index (χ0v) is 15.1. The van der Waals surface area contributed by atoms with Gasteiger partial charge in [-0.05, 0) is 59.9 Å². The van der Waals surface area contributed by atoms with Gasteiger partial charge in [-0.1, -0.05) is 42.5 Å². The zero-order valence-electron chi connectivity index (χ0n) is 14.3. The van der Waals surface area contributed by atoms with E-state index < -0.39 is 10.0 Å². The van der Waals surface area contributed by atoms with E-state index in [2.05, 4.69) is 10.0 Å². The van der Waals surface area contributed by atoms with Crippen LogP contribution in [-0.2, 0) is 16.4 Å². The summed E-state index contributed by atoms with van der Waals surface area (Å²) < 4.78 is 28.1. The average molecular weight is 364 g/mol. The Morgan fingerprint density at radius 3 is 2.35 bits per heavy atom. The lowest BCUT2D eigenvalue weighted by molar-refractivity contribution is 0.601. The molecule has 0 saturated carbocycles. The fraction of sp³-hybridized carbons (Fsp3) is 0.143. The van der Waals surface area contributed by atoms with Gasteiger partial charge in [-0.3, -0.25) is 4.72 Å². The summed E-state index contributed by atoms with van der Waals surface area (Å²) in [6, 6.07) is 22.5. The highest BCUT2D eigenvalue weighted by Crippen LogP contribution is 2.27. The van der Waals surface area contributed by atoms with E-state index in [9.17, 15) is 8.42 Å². The molecule has 0 unspecified atom stereocenters. The molecule has 0 bridgehead atoms. The molecule has 26 heavy (non-hydrogen) atoms. The molecule has 1 heterocycles. The molecule has 2 N–H and O–H groups in total. The number of nitrogens with one attached hydrogen (secondary N) is 2. The second-order valence-corrected chi connectivity index (χ2v) is 8.08. The molecule has 0 spiro atoms. The number of hydrogen-bond donors (Lipinski definition) is 2. The first-order valence-electron chi connectivity index (χ1n) is 8.67. The van der Waals surface area contributed by atoms with Crippen LogP contribution in [0.15, 0.2) is 77.7 Å². The maximum Gasteiger partial charge on any atom is 0.261 e. The van der Waals surface area contributed by atoms with Crippen LogP contribution in [0.25, 0.3) is 11.1 Å². The van der Waals surface area contributed by atoms with Gasteiger partial charge in [0, 0.05) is 17.9 Å². The lowest BCUT2D eigenvalue weighted by Crippen LogP contribution is -2.15. The van der Waals surface area contributed by atoms with Crippen LogP contribution < -0.4 is 10.0 Å². The van der Waals surface area contributed by atoms with Crippen LogP contribution in [-0.4, -0.2) is 15.0 Å². The summed E-state index contributed by atoms with van der Waals surface area (Å²) in [6.07, 6.45) is 2.02. The third kappa shape index (κ3) is 3.44. The van der Waals surface area contributed by atoms with E-state index in [4.69, 9.17) is 0 Å². The van der Waals surface area contributed by atoms with Crippen molar-refractivity contribution in [1.29, 1.82) is 0 Å². The van der Waals surface area contributed by atoms with Crippen LogP contribution in [0, 0.1) is 0 Å². The highest BCUT2D eigenvalue weighted by molar-refractivity contribution is 7.92. The highest BCUT2D eigenvalue weighted by atomic mass is 32.2. The lowest BCUT2D eigenvalue weighted by Gasteiger charge is -2.19. The molecule has 4 nitrogen and oxygen atoms in total. The van der Waals surface area contributed by atoms with Crippen LogP contribution in [0.3, 0.4) is 0 Å². The van der Waals surface area contributed by atoms with Gasteiger partial charge in [0.25, 0.3) is 10.0 Å². The Kier molecular flexibility index (Phi) is 4.39. The first-order chi connectivity index (χ1) is 12.6. The van der Waals surface area contributed by atoms with Gasteiger partial charge in [0.2, 0.25) is 0 Å². The van der Waals surface area contributed by atoms with Gasteiger partial charge in [-0.15, -0.1) is 0 Å². The van der Waals surface area contributed by atoms with E-state index in [-0.39, 0.29) is 4.90 Å². The largest absolute Gasteiger partial charge is 0.385 e. The molecule has 4 rings (SSSR count). The van der Waals surface area contributed by atoms with Gasteiger partial charge in [0.05, 0.1) is 4.90 Å². The number of sulfonamides is 1. The molecular weight excluding hydrogens is 344 g/mol. The summed E-state index contributed by atoms with van der Waals surface area (Å²) in [6.45, 7) is 0.964. The summed E-state index contributed by atoms with van der Waals surface area (Å²) >= 11 is 0. The molecule has 0 radical (unpaired) electrons. The highest BCUT2D eigenvalue weighted by Gasteiger charge is 2.16. The van der Waals surface area contributed by atoms with Crippen LogP contribution >= 0.6 is 0 Å². The molecule has 3 aromatic rings.